The fourth-order valence-electron chi connectivity index (χ4n) is 2.76. The lowest BCUT2D eigenvalue weighted by atomic mass is 10.1. The normalized spacial score (nSPS) is 10.4. The van der Waals surface area contributed by atoms with Crippen LogP contribution in [0.2, 0.25) is 0 Å². The lowest BCUT2D eigenvalue weighted by Crippen LogP contribution is -2.42. The number of aromatic amines is 1. The molecule has 0 saturated heterocycles. The van der Waals surface area contributed by atoms with Gasteiger partial charge < -0.3 is 19.2 Å². The van der Waals surface area contributed by atoms with Crippen molar-refractivity contribution in [2.45, 2.75) is 6.42 Å². The molecule has 3 aromatic rings. The Bertz CT molecular complexity index is 982. The average Bonchev–Trinajstić information content (AvgIpc) is 3.12. The Hall–Kier alpha value is -3.75. The molecule has 1 heterocycles. The summed E-state index contributed by atoms with van der Waals surface area (Å²) in [5.74, 6) is 0.418. The Morgan fingerprint density at radius 1 is 0.964 bits per heavy atom. The number of methoxy groups -OCH3 is 3. The van der Waals surface area contributed by atoms with Crippen molar-refractivity contribution in [1.82, 2.24) is 20.8 Å². The summed E-state index contributed by atoms with van der Waals surface area (Å²) < 4.78 is 15.7. The Morgan fingerprint density at radius 2 is 1.71 bits per heavy atom. The first kappa shape index (κ1) is 19.0. The van der Waals surface area contributed by atoms with Crippen molar-refractivity contribution in [3.63, 3.8) is 0 Å². The van der Waals surface area contributed by atoms with Crippen LogP contribution in [0.15, 0.2) is 36.4 Å². The lowest BCUT2D eigenvalue weighted by Gasteiger charge is -2.15. The highest BCUT2D eigenvalue weighted by Crippen LogP contribution is 2.39. The summed E-state index contributed by atoms with van der Waals surface area (Å²) >= 11 is 0. The SMILES string of the molecule is COc1ccc(C(=O)NNC(=O)Cc2nc3ccccc3[nH]2)c(OC)c1OC. The van der Waals surface area contributed by atoms with Crippen molar-refractivity contribution >= 4 is 22.8 Å². The summed E-state index contributed by atoms with van der Waals surface area (Å²) in [6, 6.07) is 10.5. The van der Waals surface area contributed by atoms with Crippen LogP contribution in [0.4, 0.5) is 0 Å². The topological polar surface area (TPSA) is 115 Å². The predicted octanol–water partition coefficient (Wildman–Crippen LogP) is 1.59. The van der Waals surface area contributed by atoms with Crippen molar-refractivity contribution in [3.05, 3.63) is 47.8 Å². The number of para-hydroxylation sites is 2. The highest BCUT2D eigenvalue weighted by atomic mass is 16.5. The molecule has 9 nitrogen and oxygen atoms in total. The minimum atomic E-state index is -0.559. The molecular formula is C19H20N4O5. The van der Waals surface area contributed by atoms with Gasteiger partial charge in [-0.15, -0.1) is 0 Å². The van der Waals surface area contributed by atoms with Crippen LogP contribution in [0, 0.1) is 0 Å². The summed E-state index contributed by atoms with van der Waals surface area (Å²) in [6.07, 6.45) is -0.0158. The summed E-state index contributed by atoms with van der Waals surface area (Å²) in [5.41, 5.74) is 6.51. The molecule has 0 aliphatic heterocycles. The largest absolute Gasteiger partial charge is 0.493 e. The molecule has 0 saturated carbocycles. The maximum Gasteiger partial charge on any atom is 0.273 e. The molecule has 3 rings (SSSR count). The Balaban J connectivity index is 1.67. The number of nitrogens with one attached hydrogen (secondary N) is 3. The number of hydrogen-bond donors (Lipinski definition) is 3. The van der Waals surface area contributed by atoms with Gasteiger partial charge in [0.15, 0.2) is 11.5 Å². The maximum atomic E-state index is 12.5. The summed E-state index contributed by atoms with van der Waals surface area (Å²) in [7, 11) is 4.33. The first-order valence-corrected chi connectivity index (χ1v) is 8.39. The van der Waals surface area contributed by atoms with Gasteiger partial charge >= 0.3 is 0 Å². The highest BCUT2D eigenvalue weighted by Gasteiger charge is 2.21. The zero-order valence-electron chi connectivity index (χ0n) is 15.7. The fourth-order valence-corrected chi connectivity index (χ4v) is 2.76. The number of aromatic nitrogens is 2. The molecule has 146 valence electrons. The summed E-state index contributed by atoms with van der Waals surface area (Å²) in [5, 5.41) is 0. The van der Waals surface area contributed by atoms with Crippen LogP contribution in [-0.2, 0) is 11.2 Å². The van der Waals surface area contributed by atoms with Crippen molar-refractivity contribution in [3.8, 4) is 17.2 Å². The number of nitrogens with zero attached hydrogens (tertiary/aromatic N) is 1. The number of ether oxygens (including phenoxy) is 3. The van der Waals surface area contributed by atoms with Crippen molar-refractivity contribution < 1.29 is 23.8 Å². The molecule has 0 aliphatic rings. The third-order valence-corrected chi connectivity index (χ3v) is 4.03. The third kappa shape index (κ3) is 3.83. The maximum absolute atomic E-state index is 12.5. The van der Waals surface area contributed by atoms with Crippen molar-refractivity contribution in [2.24, 2.45) is 0 Å². The van der Waals surface area contributed by atoms with Crippen molar-refractivity contribution in [2.75, 3.05) is 21.3 Å². The standard InChI is InChI=1S/C19H20N4O5/c1-26-14-9-8-11(17(27-2)18(14)28-3)19(25)23-22-16(24)10-15-20-12-6-4-5-7-13(12)21-15/h4-9H,10H2,1-3H3,(H,20,21)(H,22,24)(H,23,25). The van der Waals surface area contributed by atoms with E-state index in [0.29, 0.717) is 11.6 Å². The smallest absolute Gasteiger partial charge is 0.273 e. The number of amides is 2. The zero-order chi connectivity index (χ0) is 20.1. The van der Waals surface area contributed by atoms with Gasteiger partial charge in [0.25, 0.3) is 5.91 Å². The average molecular weight is 384 g/mol. The molecule has 28 heavy (non-hydrogen) atoms. The molecule has 9 heteroatoms. The fraction of sp³-hybridized carbons (Fsp3) is 0.211. The van der Waals surface area contributed by atoms with Gasteiger partial charge in [-0.25, -0.2) is 4.98 Å². The lowest BCUT2D eigenvalue weighted by molar-refractivity contribution is -0.121. The Kier molecular flexibility index (Phi) is 5.64. The highest BCUT2D eigenvalue weighted by molar-refractivity contribution is 5.99. The quantitative estimate of drug-likeness (QED) is 0.556. The molecule has 1 aromatic heterocycles. The van der Waals surface area contributed by atoms with Gasteiger partial charge in [-0.3, -0.25) is 20.4 Å². The Morgan fingerprint density at radius 3 is 2.39 bits per heavy atom. The monoisotopic (exact) mass is 384 g/mol. The van der Waals surface area contributed by atoms with Gasteiger partial charge in [0.1, 0.15) is 5.82 Å². The number of rotatable bonds is 6. The first-order chi connectivity index (χ1) is 13.6. The number of imidazole rings is 1. The molecule has 3 N–H and O–H groups in total. The van der Waals surface area contributed by atoms with Crippen LogP contribution in [0.5, 0.6) is 17.2 Å². The van der Waals surface area contributed by atoms with E-state index in [1.165, 1.54) is 27.4 Å². The van der Waals surface area contributed by atoms with Gasteiger partial charge in [0, 0.05) is 0 Å². The van der Waals surface area contributed by atoms with Gasteiger partial charge in [-0.2, -0.15) is 0 Å². The number of fused-ring (bicyclic) bond motifs is 1. The van der Waals surface area contributed by atoms with Gasteiger partial charge in [0.2, 0.25) is 11.7 Å². The minimum absolute atomic E-state index is 0.0158. The second kappa shape index (κ2) is 8.30. The molecule has 0 radical (unpaired) electrons. The van der Waals surface area contributed by atoms with Crippen LogP contribution < -0.4 is 25.1 Å². The molecule has 2 amide bonds. The van der Waals surface area contributed by atoms with Crippen LogP contribution in [-0.4, -0.2) is 43.1 Å². The molecule has 0 atom stereocenters. The van der Waals surface area contributed by atoms with E-state index in [1.54, 1.807) is 6.07 Å². The number of carbonyl (C=O) groups is 2. The van der Waals surface area contributed by atoms with Gasteiger partial charge in [-0.1, -0.05) is 12.1 Å². The van der Waals surface area contributed by atoms with E-state index in [0.717, 1.165) is 11.0 Å². The van der Waals surface area contributed by atoms with Crippen LogP contribution in [0.3, 0.4) is 0 Å². The zero-order valence-corrected chi connectivity index (χ0v) is 15.7. The minimum Gasteiger partial charge on any atom is -0.493 e. The van der Waals surface area contributed by atoms with Crippen LogP contribution in [0.25, 0.3) is 11.0 Å². The number of hydrazine groups is 1. The second-order valence-corrected chi connectivity index (χ2v) is 5.76. The molecular weight excluding hydrogens is 364 g/mol. The molecule has 2 aromatic carbocycles. The molecule has 0 bridgehead atoms. The van der Waals surface area contributed by atoms with E-state index in [-0.39, 0.29) is 23.5 Å². The number of carbonyl (C=O) groups excluding carboxylic acids is 2. The molecule has 0 spiro atoms. The van der Waals surface area contributed by atoms with E-state index in [1.807, 2.05) is 24.3 Å². The van der Waals surface area contributed by atoms with Crippen molar-refractivity contribution in [1.29, 1.82) is 0 Å². The van der Waals surface area contributed by atoms with E-state index >= 15 is 0 Å². The summed E-state index contributed by atoms with van der Waals surface area (Å²) in [6.45, 7) is 0. The first-order valence-electron chi connectivity index (χ1n) is 8.39. The van der Waals surface area contributed by atoms with Crippen LogP contribution in [0.1, 0.15) is 16.2 Å². The number of H-pyrrole nitrogens is 1. The summed E-state index contributed by atoms with van der Waals surface area (Å²) in [4.78, 5) is 32.0. The molecule has 0 unspecified atom stereocenters. The number of benzene rings is 2. The van der Waals surface area contributed by atoms with E-state index in [2.05, 4.69) is 20.8 Å². The van der Waals surface area contributed by atoms with E-state index in [4.69, 9.17) is 14.2 Å². The second-order valence-electron chi connectivity index (χ2n) is 5.76. The van der Waals surface area contributed by atoms with Crippen LogP contribution >= 0.6 is 0 Å². The third-order valence-electron chi connectivity index (χ3n) is 4.03. The molecule has 0 fully saturated rings. The van der Waals surface area contributed by atoms with Gasteiger partial charge in [-0.05, 0) is 24.3 Å². The van der Waals surface area contributed by atoms with E-state index in [9.17, 15) is 9.59 Å². The Labute approximate surface area is 161 Å². The van der Waals surface area contributed by atoms with E-state index < -0.39 is 11.8 Å². The number of hydrogen-bond acceptors (Lipinski definition) is 6. The van der Waals surface area contributed by atoms with Gasteiger partial charge in [0.05, 0.1) is 44.3 Å². The predicted molar refractivity (Wildman–Crippen MR) is 102 cm³/mol. The molecule has 0 aliphatic carbocycles.